The molecule has 1 aliphatic heterocycles. The molecule has 0 bridgehead atoms. The summed E-state index contributed by atoms with van der Waals surface area (Å²) in [4.78, 5) is 42.0. The molecule has 13 heteroatoms. The lowest BCUT2D eigenvalue weighted by atomic mass is 10.1. The average molecular weight is 565 g/mol. The van der Waals surface area contributed by atoms with Crippen molar-refractivity contribution in [3.05, 3.63) is 39.9 Å². The molecule has 11 nitrogen and oxygen atoms in total. The number of halogens is 1. The van der Waals surface area contributed by atoms with E-state index >= 15 is 0 Å². The lowest BCUT2D eigenvalue weighted by Crippen LogP contribution is -2.45. The molecule has 0 spiro atoms. The molecule has 2 aliphatic rings. The van der Waals surface area contributed by atoms with Crippen LogP contribution < -0.4 is 20.7 Å². The molecular weight excluding hydrogens is 532 g/mol. The van der Waals surface area contributed by atoms with Crippen LogP contribution in [0.3, 0.4) is 0 Å². The zero-order valence-corrected chi connectivity index (χ0v) is 23.1. The van der Waals surface area contributed by atoms with Gasteiger partial charge in [0.25, 0.3) is 5.91 Å². The van der Waals surface area contributed by atoms with Crippen LogP contribution in [-0.2, 0) is 11.3 Å². The number of carbonyl (C=O) groups excluding carboxylic acids is 3. The third-order valence-electron chi connectivity index (χ3n) is 6.39. The SMILES string of the molecule is COC(=O)c1c(OCc2cc(C(=O)NC3CC3)ccc2Cl)nsc1NC(=O)NCCCN1CCN(C)CC1. The van der Waals surface area contributed by atoms with Gasteiger partial charge in [0, 0.05) is 54.9 Å². The number of benzene rings is 1. The van der Waals surface area contributed by atoms with Crippen molar-refractivity contribution in [1.29, 1.82) is 0 Å². The van der Waals surface area contributed by atoms with Gasteiger partial charge in [0.05, 0.1) is 7.11 Å². The summed E-state index contributed by atoms with van der Waals surface area (Å²) in [6.45, 7) is 5.52. The molecule has 2 fully saturated rings. The summed E-state index contributed by atoms with van der Waals surface area (Å²) in [5.74, 6) is -0.853. The largest absolute Gasteiger partial charge is 0.471 e. The first-order chi connectivity index (χ1) is 18.3. The summed E-state index contributed by atoms with van der Waals surface area (Å²) in [7, 11) is 3.36. The number of rotatable bonds is 11. The smallest absolute Gasteiger partial charge is 0.346 e. The average Bonchev–Trinajstić information content (AvgIpc) is 3.64. The van der Waals surface area contributed by atoms with E-state index in [0.29, 0.717) is 22.7 Å². The Kier molecular flexibility index (Phi) is 9.78. The maximum atomic E-state index is 12.5. The summed E-state index contributed by atoms with van der Waals surface area (Å²) in [6, 6.07) is 4.72. The molecule has 0 atom stereocenters. The number of carbonyl (C=O) groups is 3. The Balaban J connectivity index is 1.32. The first-order valence-corrected chi connectivity index (χ1v) is 13.7. The molecule has 1 aromatic carbocycles. The van der Waals surface area contributed by atoms with Crippen LogP contribution >= 0.6 is 23.1 Å². The summed E-state index contributed by atoms with van der Waals surface area (Å²) < 4.78 is 14.9. The highest BCUT2D eigenvalue weighted by molar-refractivity contribution is 7.11. The maximum absolute atomic E-state index is 12.5. The van der Waals surface area contributed by atoms with Crippen LogP contribution in [0.4, 0.5) is 9.80 Å². The van der Waals surface area contributed by atoms with Crippen molar-refractivity contribution in [1.82, 2.24) is 24.8 Å². The molecule has 0 radical (unpaired) electrons. The van der Waals surface area contributed by atoms with Gasteiger partial charge < -0.3 is 29.9 Å². The lowest BCUT2D eigenvalue weighted by Gasteiger charge is -2.32. The molecule has 1 saturated heterocycles. The van der Waals surface area contributed by atoms with Crippen LogP contribution in [0.2, 0.25) is 5.02 Å². The normalized spacial score (nSPS) is 16.1. The molecule has 3 N–H and O–H groups in total. The van der Waals surface area contributed by atoms with E-state index in [2.05, 4.69) is 37.2 Å². The van der Waals surface area contributed by atoms with Gasteiger partial charge in [-0.05, 0) is 62.6 Å². The number of hydrogen-bond acceptors (Lipinski definition) is 9. The Bertz CT molecular complexity index is 1150. The van der Waals surface area contributed by atoms with Crippen molar-refractivity contribution in [3.63, 3.8) is 0 Å². The number of urea groups is 1. The minimum absolute atomic E-state index is 0.0103. The standard InChI is InChI=1S/C25H33ClN6O5S/c1-31-10-12-32(13-11-31)9-3-8-27-25(35)29-23-20(24(34)36-2)22(30-38-23)37-15-17-14-16(4-7-19(17)26)21(33)28-18-5-6-18/h4,7,14,18H,3,5-6,8-13,15H2,1-2H3,(H,28,33)(H2,27,29,35). The van der Waals surface area contributed by atoms with E-state index in [-0.39, 0.29) is 35.0 Å². The monoisotopic (exact) mass is 564 g/mol. The van der Waals surface area contributed by atoms with Gasteiger partial charge in [-0.2, -0.15) is 4.37 Å². The molecule has 206 valence electrons. The van der Waals surface area contributed by atoms with Gasteiger partial charge >= 0.3 is 12.0 Å². The number of methoxy groups -OCH3 is 1. The Morgan fingerprint density at radius 2 is 1.95 bits per heavy atom. The van der Waals surface area contributed by atoms with Crippen LogP contribution in [0.1, 0.15) is 45.5 Å². The zero-order chi connectivity index (χ0) is 27.1. The third-order valence-corrected chi connectivity index (χ3v) is 7.51. The molecule has 3 amide bonds. The van der Waals surface area contributed by atoms with E-state index in [1.165, 1.54) is 7.11 Å². The van der Waals surface area contributed by atoms with Crippen LogP contribution in [0, 0.1) is 0 Å². The quantitative estimate of drug-likeness (QED) is 0.281. The van der Waals surface area contributed by atoms with Crippen molar-refractivity contribution in [3.8, 4) is 5.88 Å². The van der Waals surface area contributed by atoms with E-state index in [0.717, 1.165) is 63.5 Å². The van der Waals surface area contributed by atoms with Gasteiger partial charge in [0.15, 0.2) is 5.56 Å². The minimum Gasteiger partial charge on any atom is -0.471 e. The van der Waals surface area contributed by atoms with Crippen molar-refractivity contribution >= 4 is 46.0 Å². The number of likely N-dealkylation sites (N-methyl/N-ethyl adjacent to an activating group) is 1. The van der Waals surface area contributed by atoms with Crippen molar-refractivity contribution in [2.75, 3.05) is 58.7 Å². The minimum atomic E-state index is -0.692. The fraction of sp³-hybridized carbons (Fsp3) is 0.520. The van der Waals surface area contributed by atoms with Crippen molar-refractivity contribution in [2.45, 2.75) is 31.9 Å². The lowest BCUT2D eigenvalue weighted by molar-refractivity contribution is 0.0596. The second-order valence-electron chi connectivity index (χ2n) is 9.41. The van der Waals surface area contributed by atoms with Crippen LogP contribution in [0.5, 0.6) is 5.88 Å². The third kappa shape index (κ3) is 7.79. The van der Waals surface area contributed by atoms with Crippen LogP contribution in [-0.4, -0.2) is 91.5 Å². The highest BCUT2D eigenvalue weighted by Gasteiger charge is 2.26. The predicted molar refractivity (Wildman–Crippen MR) is 145 cm³/mol. The fourth-order valence-corrected chi connectivity index (χ4v) is 4.82. The van der Waals surface area contributed by atoms with Gasteiger partial charge in [-0.15, -0.1) is 0 Å². The van der Waals surface area contributed by atoms with Crippen molar-refractivity contribution in [2.24, 2.45) is 0 Å². The van der Waals surface area contributed by atoms with E-state index in [1.54, 1.807) is 18.2 Å². The zero-order valence-electron chi connectivity index (χ0n) is 21.5. The first kappa shape index (κ1) is 28.1. The number of piperazine rings is 1. The van der Waals surface area contributed by atoms with E-state index in [4.69, 9.17) is 21.1 Å². The summed E-state index contributed by atoms with van der Waals surface area (Å²) in [5, 5.41) is 9.05. The maximum Gasteiger partial charge on any atom is 0.346 e. The molecule has 2 aromatic rings. The molecule has 1 aliphatic carbocycles. The summed E-state index contributed by atoms with van der Waals surface area (Å²) in [6.07, 6.45) is 2.79. The number of ether oxygens (including phenoxy) is 2. The second kappa shape index (κ2) is 13.2. The molecule has 0 unspecified atom stereocenters. The number of anilines is 1. The van der Waals surface area contributed by atoms with Gasteiger partial charge in [-0.1, -0.05) is 11.6 Å². The number of nitrogens with one attached hydrogen (secondary N) is 3. The van der Waals surface area contributed by atoms with E-state index in [1.807, 2.05) is 0 Å². The number of hydrogen-bond donors (Lipinski definition) is 3. The summed E-state index contributed by atoms with van der Waals surface area (Å²) in [5.41, 5.74) is 1.05. The number of aromatic nitrogens is 1. The fourth-order valence-electron chi connectivity index (χ4n) is 3.93. The van der Waals surface area contributed by atoms with E-state index in [9.17, 15) is 14.4 Å². The van der Waals surface area contributed by atoms with Gasteiger partial charge in [-0.3, -0.25) is 10.1 Å². The van der Waals surface area contributed by atoms with Gasteiger partial charge in [0.2, 0.25) is 5.88 Å². The molecule has 1 aromatic heterocycles. The highest BCUT2D eigenvalue weighted by Crippen LogP contribution is 2.32. The Labute approximate surface area is 231 Å². The number of esters is 1. The highest BCUT2D eigenvalue weighted by atomic mass is 35.5. The van der Waals surface area contributed by atoms with Gasteiger partial charge in [0.1, 0.15) is 11.6 Å². The Morgan fingerprint density at radius 1 is 1.18 bits per heavy atom. The summed E-state index contributed by atoms with van der Waals surface area (Å²) >= 11 is 7.23. The second-order valence-corrected chi connectivity index (χ2v) is 10.6. The predicted octanol–water partition coefficient (Wildman–Crippen LogP) is 2.81. The van der Waals surface area contributed by atoms with Gasteiger partial charge in [-0.25, -0.2) is 9.59 Å². The van der Waals surface area contributed by atoms with Crippen LogP contribution in [0.25, 0.3) is 0 Å². The molecular formula is C25H33ClN6O5S. The van der Waals surface area contributed by atoms with Crippen molar-refractivity contribution < 1.29 is 23.9 Å². The molecule has 38 heavy (non-hydrogen) atoms. The van der Waals surface area contributed by atoms with E-state index < -0.39 is 12.0 Å². The topological polar surface area (TPSA) is 125 Å². The van der Waals surface area contributed by atoms with Crippen LogP contribution in [0.15, 0.2) is 18.2 Å². The number of nitrogens with zero attached hydrogens (tertiary/aromatic N) is 3. The number of amides is 3. The Morgan fingerprint density at radius 3 is 2.66 bits per heavy atom. The Hall–Kier alpha value is -2.93. The first-order valence-electron chi connectivity index (χ1n) is 12.6. The molecule has 2 heterocycles. The molecule has 4 rings (SSSR count). The molecule has 1 saturated carbocycles.